The van der Waals surface area contributed by atoms with Crippen molar-refractivity contribution in [2.45, 2.75) is 23.0 Å². The lowest BCUT2D eigenvalue weighted by molar-refractivity contribution is -0.137. The summed E-state index contributed by atoms with van der Waals surface area (Å²) in [6, 6.07) is 5.35. The smallest absolute Gasteiger partial charge is 0.355 e. The van der Waals surface area contributed by atoms with Gasteiger partial charge < -0.3 is 5.32 Å². The van der Waals surface area contributed by atoms with Crippen LogP contribution in [0.15, 0.2) is 29.7 Å². The molecular weight excluding hydrogens is 415 g/mol. The highest BCUT2D eigenvalue weighted by Gasteiger charge is 2.43. The van der Waals surface area contributed by atoms with Crippen molar-refractivity contribution in [2.75, 3.05) is 11.6 Å². The number of nitrogens with zero attached hydrogens (tertiary/aromatic N) is 4. The summed E-state index contributed by atoms with van der Waals surface area (Å²) in [5, 5.41) is 25.3. The third-order valence-corrected chi connectivity index (χ3v) is 5.62. The predicted molar refractivity (Wildman–Crippen MR) is 96.4 cm³/mol. The Bertz CT molecular complexity index is 1110. The number of hydrogen-bond donors (Lipinski definition) is 1. The van der Waals surface area contributed by atoms with Crippen LogP contribution in [0, 0.1) is 22.7 Å². The van der Waals surface area contributed by atoms with Gasteiger partial charge in [-0.1, -0.05) is 17.7 Å². The number of alkyl halides is 3. The number of benzene rings is 1. The Balaban J connectivity index is 2.47. The normalized spacial score (nSPS) is 18.8. The minimum absolute atomic E-state index is 0.0248. The van der Waals surface area contributed by atoms with Gasteiger partial charge in [0.2, 0.25) is 0 Å². The maximum atomic E-state index is 13.3. The molecule has 144 valence electrons. The van der Waals surface area contributed by atoms with Gasteiger partial charge >= 0.3 is 6.18 Å². The van der Waals surface area contributed by atoms with Crippen molar-refractivity contribution in [3.63, 3.8) is 0 Å². The molecule has 0 saturated carbocycles. The lowest BCUT2D eigenvalue weighted by atomic mass is 9.83. The third-order valence-electron chi connectivity index (χ3n) is 4.37. The number of anilines is 1. The molecule has 1 aliphatic heterocycles. The number of rotatable bonds is 3. The number of hydrogen-bond acceptors (Lipinski definition) is 5. The van der Waals surface area contributed by atoms with Crippen molar-refractivity contribution in [2.24, 2.45) is 0 Å². The van der Waals surface area contributed by atoms with Gasteiger partial charge in [0.25, 0.3) is 0 Å². The SMILES string of the molecule is C=CC1(CC#N)Nc2c(S(C)=O)c(C#N)nn2-c2c(Cl)cc(C(F)(F)F)cc21. The molecule has 2 atom stereocenters. The third kappa shape index (κ3) is 2.86. The van der Waals surface area contributed by atoms with Crippen LogP contribution in [0.25, 0.3) is 5.69 Å². The molecule has 2 unspecified atom stereocenters. The molecule has 3 rings (SSSR count). The Morgan fingerprint density at radius 3 is 2.64 bits per heavy atom. The lowest BCUT2D eigenvalue weighted by Gasteiger charge is -2.38. The summed E-state index contributed by atoms with van der Waals surface area (Å²) >= 11 is 6.19. The Morgan fingerprint density at radius 2 is 2.14 bits per heavy atom. The van der Waals surface area contributed by atoms with Gasteiger partial charge in [-0.2, -0.15) is 28.8 Å². The molecule has 0 amide bonds. The van der Waals surface area contributed by atoms with E-state index < -0.39 is 28.1 Å². The number of aromatic nitrogens is 2. The fourth-order valence-electron chi connectivity index (χ4n) is 3.11. The number of nitriles is 2. The van der Waals surface area contributed by atoms with E-state index in [1.807, 2.05) is 12.1 Å². The fraction of sp³-hybridized carbons (Fsp3) is 0.235. The number of halogens is 4. The average molecular weight is 426 g/mol. The Morgan fingerprint density at radius 1 is 1.46 bits per heavy atom. The number of fused-ring (bicyclic) bond motifs is 3. The highest BCUT2D eigenvalue weighted by molar-refractivity contribution is 7.84. The quantitative estimate of drug-likeness (QED) is 0.753. The monoisotopic (exact) mass is 425 g/mol. The molecule has 0 fully saturated rings. The van der Waals surface area contributed by atoms with E-state index in [0.29, 0.717) is 0 Å². The highest BCUT2D eigenvalue weighted by Crippen LogP contribution is 2.47. The first-order chi connectivity index (χ1) is 13.1. The van der Waals surface area contributed by atoms with E-state index in [1.54, 1.807) is 0 Å². The summed E-state index contributed by atoms with van der Waals surface area (Å²) in [5.41, 5.74) is -2.53. The molecule has 1 aliphatic rings. The van der Waals surface area contributed by atoms with Gasteiger partial charge in [0.15, 0.2) is 5.69 Å². The Labute approximate surface area is 165 Å². The summed E-state index contributed by atoms with van der Waals surface area (Å²) in [4.78, 5) is 0.0632. The zero-order valence-corrected chi connectivity index (χ0v) is 15.8. The summed E-state index contributed by atoms with van der Waals surface area (Å²) in [7, 11) is -1.65. The van der Waals surface area contributed by atoms with Crippen LogP contribution in [0.1, 0.15) is 23.2 Å². The van der Waals surface area contributed by atoms with Crippen molar-refractivity contribution in [1.82, 2.24) is 9.78 Å². The van der Waals surface area contributed by atoms with Gasteiger partial charge in [0, 0.05) is 11.8 Å². The van der Waals surface area contributed by atoms with E-state index in [1.165, 1.54) is 12.3 Å². The standard InChI is InChI=1S/C17H11ClF3N5OS/c1-3-16(4-5-22)10-6-9(17(19,20)21)7-11(18)13(10)26-15(24-16)14(28(2)27)12(8-23)25-26/h3,6-7,24H,1,4H2,2H3. The zero-order chi connectivity index (χ0) is 20.9. The van der Waals surface area contributed by atoms with E-state index in [4.69, 9.17) is 11.6 Å². The van der Waals surface area contributed by atoms with Crippen LogP contribution < -0.4 is 5.32 Å². The second-order valence-corrected chi connectivity index (χ2v) is 7.72. The van der Waals surface area contributed by atoms with Crippen molar-refractivity contribution in [3.05, 3.63) is 46.6 Å². The molecule has 28 heavy (non-hydrogen) atoms. The average Bonchev–Trinajstić information content (AvgIpc) is 2.98. The van der Waals surface area contributed by atoms with Crippen LogP contribution in [0.2, 0.25) is 5.02 Å². The van der Waals surface area contributed by atoms with Crippen LogP contribution in [0.3, 0.4) is 0 Å². The first-order valence-corrected chi connectivity index (χ1v) is 9.60. The van der Waals surface area contributed by atoms with E-state index in [0.717, 1.165) is 16.8 Å². The van der Waals surface area contributed by atoms with Crippen molar-refractivity contribution in [3.8, 4) is 17.8 Å². The highest BCUT2D eigenvalue weighted by atomic mass is 35.5. The summed E-state index contributed by atoms with van der Waals surface area (Å²) in [6.07, 6.45) is -2.33. The molecule has 0 aliphatic carbocycles. The van der Waals surface area contributed by atoms with Crippen molar-refractivity contribution in [1.29, 1.82) is 10.5 Å². The van der Waals surface area contributed by atoms with Crippen LogP contribution >= 0.6 is 11.6 Å². The first kappa shape index (κ1) is 19.9. The lowest BCUT2D eigenvalue weighted by Crippen LogP contribution is -2.39. The van der Waals surface area contributed by atoms with Gasteiger partial charge in [-0.15, -0.1) is 6.58 Å². The summed E-state index contributed by atoms with van der Waals surface area (Å²) < 4.78 is 53.3. The van der Waals surface area contributed by atoms with Gasteiger partial charge in [-0.25, -0.2) is 4.68 Å². The largest absolute Gasteiger partial charge is 0.416 e. The van der Waals surface area contributed by atoms with Crippen molar-refractivity contribution < 1.29 is 17.4 Å². The van der Waals surface area contributed by atoms with Crippen LogP contribution in [-0.2, 0) is 22.5 Å². The van der Waals surface area contributed by atoms with Gasteiger partial charge in [-0.3, -0.25) is 4.21 Å². The molecule has 2 aromatic rings. The Hall–Kier alpha value is -2.82. The maximum absolute atomic E-state index is 13.3. The molecule has 0 bridgehead atoms. The molecule has 6 nitrogen and oxygen atoms in total. The van der Waals surface area contributed by atoms with E-state index in [-0.39, 0.29) is 39.1 Å². The minimum atomic E-state index is -4.67. The second kappa shape index (κ2) is 6.66. The van der Waals surface area contributed by atoms with Crippen LogP contribution in [0.5, 0.6) is 0 Å². The predicted octanol–water partition coefficient (Wildman–Crippen LogP) is 3.87. The molecule has 11 heteroatoms. The molecule has 2 heterocycles. The van der Waals surface area contributed by atoms with Crippen LogP contribution in [0.4, 0.5) is 19.0 Å². The Kier molecular flexibility index (Phi) is 4.74. The molecule has 1 aromatic carbocycles. The number of nitrogens with one attached hydrogen (secondary N) is 1. The van der Waals surface area contributed by atoms with Gasteiger partial charge in [0.05, 0.1) is 45.1 Å². The van der Waals surface area contributed by atoms with E-state index >= 15 is 0 Å². The van der Waals surface area contributed by atoms with Gasteiger partial charge in [-0.05, 0) is 12.1 Å². The zero-order valence-electron chi connectivity index (χ0n) is 14.3. The minimum Gasteiger partial charge on any atom is -0.355 e. The molecule has 1 N–H and O–H groups in total. The molecular formula is C17H11ClF3N5OS. The topological polar surface area (TPSA) is 94.5 Å². The molecule has 0 spiro atoms. The molecule has 1 aromatic heterocycles. The summed E-state index contributed by atoms with van der Waals surface area (Å²) in [6.45, 7) is 3.66. The van der Waals surface area contributed by atoms with E-state index in [9.17, 15) is 27.9 Å². The molecule has 0 radical (unpaired) electrons. The first-order valence-electron chi connectivity index (χ1n) is 7.66. The fourth-order valence-corrected chi connectivity index (χ4v) is 4.18. The van der Waals surface area contributed by atoms with Gasteiger partial charge in [0.1, 0.15) is 16.8 Å². The second-order valence-electron chi connectivity index (χ2n) is 5.99. The summed E-state index contributed by atoms with van der Waals surface area (Å²) in [5.74, 6) is 0.113. The maximum Gasteiger partial charge on any atom is 0.416 e. The van der Waals surface area contributed by atoms with Crippen LogP contribution in [-0.4, -0.2) is 20.2 Å². The molecule has 0 saturated heterocycles. The van der Waals surface area contributed by atoms with E-state index in [2.05, 4.69) is 17.0 Å². The van der Waals surface area contributed by atoms with Crippen molar-refractivity contribution >= 4 is 28.2 Å².